The van der Waals surface area contributed by atoms with E-state index in [-0.39, 0.29) is 5.91 Å². The Kier molecular flexibility index (Phi) is 4.54. The quantitative estimate of drug-likeness (QED) is 0.848. The van der Waals surface area contributed by atoms with Crippen LogP contribution in [0.1, 0.15) is 43.4 Å². The van der Waals surface area contributed by atoms with E-state index in [4.69, 9.17) is 5.73 Å². The number of aromatic nitrogens is 2. The number of anilines is 1. The highest BCUT2D eigenvalue weighted by molar-refractivity contribution is 5.98. The van der Waals surface area contributed by atoms with Crippen LogP contribution in [0.4, 0.5) is 5.69 Å². The molecule has 0 spiro atoms. The molecule has 5 nitrogen and oxygen atoms in total. The number of rotatable bonds is 5. The van der Waals surface area contributed by atoms with Gasteiger partial charge >= 0.3 is 0 Å². The van der Waals surface area contributed by atoms with Crippen LogP contribution < -0.4 is 5.73 Å². The minimum absolute atomic E-state index is 0.0192. The lowest BCUT2D eigenvalue weighted by atomic mass is 10.2. The van der Waals surface area contributed by atoms with E-state index in [1.165, 1.54) is 0 Å². The van der Waals surface area contributed by atoms with E-state index in [2.05, 4.69) is 12.0 Å². The molecule has 0 fully saturated rings. The van der Waals surface area contributed by atoms with Crippen LogP contribution in [0.5, 0.6) is 0 Å². The molecule has 96 valence electrons. The lowest BCUT2D eigenvalue weighted by Gasteiger charge is -2.20. The number of amides is 1. The molecule has 0 radical (unpaired) electrons. The summed E-state index contributed by atoms with van der Waals surface area (Å²) in [7, 11) is 0. The maximum Gasteiger partial charge on any atom is 0.274 e. The van der Waals surface area contributed by atoms with Gasteiger partial charge < -0.3 is 10.6 Å². The zero-order chi connectivity index (χ0) is 13.0. The smallest absolute Gasteiger partial charge is 0.274 e. The molecule has 0 aliphatic rings. The summed E-state index contributed by atoms with van der Waals surface area (Å²) in [6.07, 6.45) is 0.943. The highest BCUT2D eigenvalue weighted by Crippen LogP contribution is 2.18. The Morgan fingerprint density at radius 1 is 1.41 bits per heavy atom. The first-order valence-corrected chi connectivity index (χ1v) is 6.18. The summed E-state index contributed by atoms with van der Waals surface area (Å²) in [4.78, 5) is 14.2. The van der Waals surface area contributed by atoms with Gasteiger partial charge in [-0.15, -0.1) is 0 Å². The van der Waals surface area contributed by atoms with Crippen molar-refractivity contribution in [2.45, 2.75) is 40.7 Å². The molecular formula is C12H22N4O. The molecule has 0 saturated heterocycles. The van der Waals surface area contributed by atoms with Crippen molar-refractivity contribution < 1.29 is 4.79 Å². The Hall–Kier alpha value is -1.52. The molecule has 0 aromatic carbocycles. The van der Waals surface area contributed by atoms with Crippen LogP contribution in [0.25, 0.3) is 0 Å². The number of hydrogen-bond acceptors (Lipinski definition) is 3. The van der Waals surface area contributed by atoms with E-state index in [1.54, 1.807) is 9.58 Å². The highest BCUT2D eigenvalue weighted by Gasteiger charge is 2.22. The fourth-order valence-corrected chi connectivity index (χ4v) is 1.87. The van der Waals surface area contributed by atoms with Crippen molar-refractivity contribution in [2.75, 3.05) is 18.8 Å². The Balaban J connectivity index is 3.09. The fraction of sp³-hybridized carbons (Fsp3) is 0.667. The summed E-state index contributed by atoms with van der Waals surface area (Å²) in [5.74, 6) is -0.0192. The topological polar surface area (TPSA) is 64.2 Å². The Bertz CT molecular complexity index is 397. The van der Waals surface area contributed by atoms with Crippen LogP contribution >= 0.6 is 0 Å². The third-order valence-corrected chi connectivity index (χ3v) is 2.84. The van der Waals surface area contributed by atoms with E-state index in [0.29, 0.717) is 24.5 Å². The molecule has 0 atom stereocenters. The number of carbonyl (C=O) groups excluding carboxylic acids is 1. The van der Waals surface area contributed by atoms with Crippen LogP contribution in [0.2, 0.25) is 0 Å². The first-order chi connectivity index (χ1) is 8.06. The number of aryl methyl sites for hydroxylation is 2. The zero-order valence-electron chi connectivity index (χ0n) is 11.2. The van der Waals surface area contributed by atoms with Gasteiger partial charge in [0.25, 0.3) is 5.91 Å². The predicted octanol–water partition coefficient (Wildman–Crippen LogP) is 1.67. The summed E-state index contributed by atoms with van der Waals surface area (Å²) in [6, 6.07) is 0. The molecular weight excluding hydrogens is 216 g/mol. The molecule has 0 bridgehead atoms. The molecule has 0 aliphatic carbocycles. The van der Waals surface area contributed by atoms with Crippen molar-refractivity contribution >= 4 is 11.6 Å². The van der Waals surface area contributed by atoms with Crippen molar-refractivity contribution in [1.82, 2.24) is 14.7 Å². The van der Waals surface area contributed by atoms with Crippen LogP contribution in [-0.4, -0.2) is 33.7 Å². The number of nitrogens with zero attached hydrogens (tertiary/aromatic N) is 3. The minimum atomic E-state index is -0.0192. The zero-order valence-corrected chi connectivity index (χ0v) is 11.2. The van der Waals surface area contributed by atoms with Crippen LogP contribution in [0.3, 0.4) is 0 Å². The normalized spacial score (nSPS) is 10.6. The van der Waals surface area contributed by atoms with Gasteiger partial charge in [-0.1, -0.05) is 6.92 Å². The summed E-state index contributed by atoms with van der Waals surface area (Å²) >= 11 is 0. The Morgan fingerprint density at radius 2 is 2.06 bits per heavy atom. The average molecular weight is 238 g/mol. The number of carbonyl (C=O) groups is 1. The molecule has 0 saturated carbocycles. The van der Waals surface area contributed by atoms with E-state index in [1.807, 2.05) is 20.8 Å². The van der Waals surface area contributed by atoms with Crippen LogP contribution in [-0.2, 0) is 6.54 Å². The molecule has 5 heteroatoms. The molecule has 17 heavy (non-hydrogen) atoms. The summed E-state index contributed by atoms with van der Waals surface area (Å²) in [5.41, 5.74) is 7.70. The van der Waals surface area contributed by atoms with Crippen molar-refractivity contribution in [3.63, 3.8) is 0 Å². The van der Waals surface area contributed by atoms with Gasteiger partial charge in [-0.2, -0.15) is 5.10 Å². The molecule has 0 unspecified atom stereocenters. The van der Waals surface area contributed by atoms with Crippen molar-refractivity contribution in [3.8, 4) is 0 Å². The Labute approximate surface area is 103 Å². The third kappa shape index (κ3) is 2.60. The molecule has 1 rings (SSSR count). The minimum Gasteiger partial charge on any atom is -0.395 e. The molecule has 2 N–H and O–H groups in total. The fourth-order valence-electron chi connectivity index (χ4n) is 1.87. The van der Waals surface area contributed by atoms with Gasteiger partial charge in [0.05, 0.1) is 11.4 Å². The maximum atomic E-state index is 12.4. The van der Waals surface area contributed by atoms with Gasteiger partial charge in [-0.25, -0.2) is 0 Å². The van der Waals surface area contributed by atoms with Crippen LogP contribution in [0, 0.1) is 6.92 Å². The predicted molar refractivity (Wildman–Crippen MR) is 68.9 cm³/mol. The third-order valence-electron chi connectivity index (χ3n) is 2.84. The standard InChI is InChI=1S/C12H22N4O/c1-5-8-15(6-2)12(17)11-10(13)9(4)14-16(11)7-3/h5-8,13H2,1-4H3. The first kappa shape index (κ1) is 13.5. The van der Waals surface area contributed by atoms with Crippen molar-refractivity contribution in [1.29, 1.82) is 0 Å². The van der Waals surface area contributed by atoms with E-state index in [0.717, 1.165) is 18.7 Å². The lowest BCUT2D eigenvalue weighted by molar-refractivity contribution is 0.0753. The molecule has 1 aromatic rings. The van der Waals surface area contributed by atoms with Crippen molar-refractivity contribution in [2.24, 2.45) is 0 Å². The largest absolute Gasteiger partial charge is 0.395 e. The monoisotopic (exact) mass is 238 g/mol. The van der Waals surface area contributed by atoms with Crippen molar-refractivity contribution in [3.05, 3.63) is 11.4 Å². The second-order valence-electron chi connectivity index (χ2n) is 4.05. The molecule has 1 heterocycles. The summed E-state index contributed by atoms with van der Waals surface area (Å²) < 4.78 is 1.69. The number of nitrogens with two attached hydrogens (primary N) is 1. The average Bonchev–Trinajstić information content (AvgIpc) is 2.61. The maximum absolute atomic E-state index is 12.4. The Morgan fingerprint density at radius 3 is 2.53 bits per heavy atom. The van der Waals surface area contributed by atoms with E-state index >= 15 is 0 Å². The first-order valence-electron chi connectivity index (χ1n) is 6.18. The van der Waals surface area contributed by atoms with E-state index < -0.39 is 0 Å². The number of hydrogen-bond donors (Lipinski definition) is 1. The van der Waals surface area contributed by atoms with Gasteiger partial charge in [0.1, 0.15) is 5.69 Å². The lowest BCUT2D eigenvalue weighted by Crippen LogP contribution is -2.33. The second-order valence-corrected chi connectivity index (χ2v) is 4.05. The highest BCUT2D eigenvalue weighted by atomic mass is 16.2. The molecule has 1 amide bonds. The second kappa shape index (κ2) is 5.70. The van der Waals surface area contributed by atoms with Gasteiger partial charge in [0.15, 0.2) is 0 Å². The van der Waals surface area contributed by atoms with Gasteiger partial charge in [0.2, 0.25) is 0 Å². The summed E-state index contributed by atoms with van der Waals surface area (Å²) in [6.45, 7) is 9.92. The van der Waals surface area contributed by atoms with E-state index in [9.17, 15) is 4.79 Å². The SMILES string of the molecule is CCCN(CC)C(=O)c1c(N)c(C)nn1CC. The number of nitrogen functional groups attached to an aromatic ring is 1. The van der Waals surface area contributed by atoms with Gasteiger partial charge in [-0.05, 0) is 27.2 Å². The van der Waals surface area contributed by atoms with Gasteiger partial charge in [-0.3, -0.25) is 9.48 Å². The van der Waals surface area contributed by atoms with Crippen LogP contribution in [0.15, 0.2) is 0 Å². The summed E-state index contributed by atoms with van der Waals surface area (Å²) in [5, 5.41) is 4.27. The van der Waals surface area contributed by atoms with Gasteiger partial charge in [0, 0.05) is 19.6 Å². The molecule has 0 aliphatic heterocycles. The molecule has 1 aromatic heterocycles.